The fourth-order valence-electron chi connectivity index (χ4n) is 1.37. The summed E-state index contributed by atoms with van der Waals surface area (Å²) in [5, 5.41) is 4.70. The number of ether oxygens (including phenoxy) is 1. The lowest BCUT2D eigenvalue weighted by Crippen LogP contribution is -2.49. The van der Waals surface area contributed by atoms with Gasteiger partial charge in [0.1, 0.15) is 6.04 Å². The average Bonchev–Trinajstić information content (AvgIpc) is 2.43. The third kappa shape index (κ3) is 4.66. The summed E-state index contributed by atoms with van der Waals surface area (Å²) in [6, 6.07) is 6.58. The highest BCUT2D eigenvalue weighted by Gasteiger charge is 2.22. The van der Waals surface area contributed by atoms with Crippen LogP contribution < -0.4 is 16.4 Å². The number of urea groups is 1. The van der Waals surface area contributed by atoms with Crippen LogP contribution in [0.15, 0.2) is 30.3 Å². The Morgan fingerprint density at radius 1 is 1.26 bits per heavy atom. The van der Waals surface area contributed by atoms with Gasteiger partial charge in [0, 0.05) is 5.56 Å². The van der Waals surface area contributed by atoms with Gasteiger partial charge in [0.2, 0.25) is 0 Å². The molecule has 1 rings (SSSR count). The van der Waals surface area contributed by atoms with Crippen LogP contribution in [0, 0.1) is 0 Å². The molecule has 1 aromatic carbocycles. The van der Waals surface area contributed by atoms with Crippen molar-refractivity contribution in [1.82, 2.24) is 10.6 Å². The Morgan fingerprint density at radius 2 is 1.89 bits per heavy atom. The van der Waals surface area contributed by atoms with Gasteiger partial charge >= 0.3 is 12.0 Å². The van der Waals surface area contributed by atoms with Gasteiger partial charge in [-0.3, -0.25) is 4.79 Å². The standard InChI is InChI=1S/C12H15N3O4/c1-19-11(17)9(7-14-12(13)18)15-10(16)8-5-3-2-4-6-8/h2-6,9H,7H2,1H3,(H,15,16)(H3,13,14,18)/t9-/m0/s1. The van der Waals surface area contributed by atoms with Gasteiger partial charge in [-0.2, -0.15) is 0 Å². The molecule has 1 aromatic rings. The molecule has 0 saturated heterocycles. The molecule has 0 unspecified atom stereocenters. The van der Waals surface area contributed by atoms with Crippen LogP contribution in [0.3, 0.4) is 0 Å². The van der Waals surface area contributed by atoms with Gasteiger partial charge < -0.3 is 21.1 Å². The Labute approximate surface area is 110 Å². The lowest BCUT2D eigenvalue weighted by atomic mass is 10.2. The summed E-state index contributed by atoms with van der Waals surface area (Å²) in [5.41, 5.74) is 5.31. The van der Waals surface area contributed by atoms with Crippen LogP contribution in [0.4, 0.5) is 4.79 Å². The number of methoxy groups -OCH3 is 1. The zero-order chi connectivity index (χ0) is 14.3. The second-order valence-corrected chi connectivity index (χ2v) is 3.66. The highest BCUT2D eigenvalue weighted by molar-refractivity contribution is 5.96. The maximum absolute atomic E-state index is 11.9. The minimum atomic E-state index is -0.995. The smallest absolute Gasteiger partial charge is 0.330 e. The van der Waals surface area contributed by atoms with Gasteiger partial charge in [0.05, 0.1) is 13.7 Å². The number of benzene rings is 1. The third-order valence-corrected chi connectivity index (χ3v) is 2.31. The molecule has 0 aromatic heterocycles. The summed E-state index contributed by atoms with van der Waals surface area (Å²) in [6.45, 7) is -0.138. The first-order valence-corrected chi connectivity index (χ1v) is 5.51. The summed E-state index contributed by atoms with van der Waals surface area (Å²) in [7, 11) is 1.19. The van der Waals surface area contributed by atoms with Crippen molar-refractivity contribution in [1.29, 1.82) is 0 Å². The van der Waals surface area contributed by atoms with Crippen molar-refractivity contribution in [3.05, 3.63) is 35.9 Å². The normalized spacial score (nSPS) is 11.2. The molecule has 3 amide bonds. The van der Waals surface area contributed by atoms with Crippen molar-refractivity contribution in [2.45, 2.75) is 6.04 Å². The van der Waals surface area contributed by atoms with Gasteiger partial charge in [-0.15, -0.1) is 0 Å². The van der Waals surface area contributed by atoms with Crippen LogP contribution in [0.2, 0.25) is 0 Å². The Balaban J connectivity index is 2.69. The van der Waals surface area contributed by atoms with E-state index in [4.69, 9.17) is 5.73 Å². The fourth-order valence-corrected chi connectivity index (χ4v) is 1.37. The first-order valence-electron chi connectivity index (χ1n) is 5.51. The highest BCUT2D eigenvalue weighted by atomic mass is 16.5. The van der Waals surface area contributed by atoms with E-state index in [1.165, 1.54) is 7.11 Å². The summed E-state index contributed by atoms with van der Waals surface area (Å²) in [4.78, 5) is 33.9. The molecule has 0 aliphatic heterocycles. The molecule has 0 saturated carbocycles. The van der Waals surface area contributed by atoms with Crippen LogP contribution >= 0.6 is 0 Å². The van der Waals surface area contributed by atoms with E-state index in [9.17, 15) is 14.4 Å². The highest BCUT2D eigenvalue weighted by Crippen LogP contribution is 1.99. The zero-order valence-corrected chi connectivity index (χ0v) is 10.4. The van der Waals surface area contributed by atoms with Gasteiger partial charge in [-0.25, -0.2) is 9.59 Å². The zero-order valence-electron chi connectivity index (χ0n) is 10.4. The Morgan fingerprint density at radius 3 is 2.42 bits per heavy atom. The van der Waals surface area contributed by atoms with E-state index in [1.54, 1.807) is 30.3 Å². The molecule has 0 heterocycles. The molecule has 0 radical (unpaired) electrons. The van der Waals surface area contributed by atoms with E-state index >= 15 is 0 Å². The fraction of sp³-hybridized carbons (Fsp3) is 0.250. The summed E-state index contributed by atoms with van der Waals surface area (Å²) >= 11 is 0. The molecule has 0 aliphatic carbocycles. The van der Waals surface area contributed by atoms with E-state index < -0.39 is 23.9 Å². The maximum Gasteiger partial charge on any atom is 0.330 e. The van der Waals surface area contributed by atoms with Crippen molar-refractivity contribution < 1.29 is 19.1 Å². The minimum absolute atomic E-state index is 0.138. The van der Waals surface area contributed by atoms with Crippen molar-refractivity contribution in [2.24, 2.45) is 5.73 Å². The SMILES string of the molecule is COC(=O)[C@H](CNC(N)=O)NC(=O)c1ccccc1. The van der Waals surface area contributed by atoms with E-state index in [0.717, 1.165) is 0 Å². The number of carbonyl (C=O) groups is 3. The number of rotatable bonds is 5. The topological polar surface area (TPSA) is 111 Å². The summed E-state index contributed by atoms with van der Waals surface area (Å²) in [6.07, 6.45) is 0. The molecule has 0 bridgehead atoms. The first-order chi connectivity index (χ1) is 9.04. The van der Waals surface area contributed by atoms with Crippen molar-refractivity contribution in [3.63, 3.8) is 0 Å². The van der Waals surface area contributed by atoms with Gasteiger partial charge in [-0.1, -0.05) is 18.2 Å². The lowest BCUT2D eigenvalue weighted by molar-refractivity contribution is -0.142. The molecule has 4 N–H and O–H groups in total. The molecule has 102 valence electrons. The second kappa shape index (κ2) is 7.00. The quantitative estimate of drug-likeness (QED) is 0.630. The largest absolute Gasteiger partial charge is 0.467 e. The molecule has 7 nitrogen and oxygen atoms in total. The number of hydrogen-bond donors (Lipinski definition) is 3. The number of hydrogen-bond acceptors (Lipinski definition) is 4. The number of primary amides is 1. The third-order valence-electron chi connectivity index (χ3n) is 2.31. The average molecular weight is 265 g/mol. The summed E-state index contributed by atoms with van der Waals surface area (Å²) in [5.74, 6) is -1.11. The second-order valence-electron chi connectivity index (χ2n) is 3.66. The molecule has 0 spiro atoms. The number of nitrogens with two attached hydrogens (primary N) is 1. The summed E-state index contributed by atoms with van der Waals surface area (Å²) < 4.78 is 4.54. The van der Waals surface area contributed by atoms with Crippen molar-refractivity contribution >= 4 is 17.9 Å². The molecule has 1 atom stereocenters. The predicted octanol–water partition coefficient (Wildman–Crippen LogP) is -0.374. The van der Waals surface area contributed by atoms with E-state index in [1.807, 2.05) is 0 Å². The molecule has 7 heteroatoms. The van der Waals surface area contributed by atoms with Crippen LogP contribution in [-0.2, 0) is 9.53 Å². The molecule has 0 aliphatic rings. The Kier molecular flexibility index (Phi) is 5.34. The van der Waals surface area contributed by atoms with Crippen molar-refractivity contribution in [3.8, 4) is 0 Å². The predicted molar refractivity (Wildman–Crippen MR) is 67.3 cm³/mol. The number of carbonyl (C=O) groups excluding carboxylic acids is 3. The van der Waals surface area contributed by atoms with E-state index in [-0.39, 0.29) is 6.54 Å². The first kappa shape index (κ1) is 14.5. The Bertz CT molecular complexity index is 461. The molecular weight excluding hydrogens is 250 g/mol. The van der Waals surface area contributed by atoms with Crippen LogP contribution in [0.5, 0.6) is 0 Å². The number of amides is 3. The van der Waals surface area contributed by atoms with Crippen molar-refractivity contribution in [2.75, 3.05) is 13.7 Å². The van der Waals surface area contributed by atoms with E-state index in [2.05, 4.69) is 15.4 Å². The number of esters is 1. The Hall–Kier alpha value is -2.57. The van der Waals surface area contributed by atoms with Crippen LogP contribution in [-0.4, -0.2) is 37.6 Å². The van der Waals surface area contributed by atoms with E-state index in [0.29, 0.717) is 5.56 Å². The molecule has 0 fully saturated rings. The lowest BCUT2D eigenvalue weighted by Gasteiger charge is -2.16. The number of nitrogens with one attached hydrogen (secondary N) is 2. The van der Waals surface area contributed by atoms with Crippen LogP contribution in [0.25, 0.3) is 0 Å². The molecular formula is C12H15N3O4. The monoisotopic (exact) mass is 265 g/mol. The van der Waals surface area contributed by atoms with Gasteiger partial charge in [0.25, 0.3) is 5.91 Å². The van der Waals surface area contributed by atoms with Gasteiger partial charge in [0.15, 0.2) is 0 Å². The maximum atomic E-state index is 11.9. The van der Waals surface area contributed by atoms with Crippen LogP contribution in [0.1, 0.15) is 10.4 Å². The van der Waals surface area contributed by atoms with Gasteiger partial charge in [-0.05, 0) is 12.1 Å². The molecule has 19 heavy (non-hydrogen) atoms. The minimum Gasteiger partial charge on any atom is -0.467 e.